The van der Waals surface area contributed by atoms with Gasteiger partial charge in [0.05, 0.1) is 12.2 Å². The zero-order chi connectivity index (χ0) is 17.1. The van der Waals surface area contributed by atoms with E-state index in [1.165, 1.54) is 6.07 Å². The summed E-state index contributed by atoms with van der Waals surface area (Å²) in [5.41, 5.74) is 2.03. The predicted molar refractivity (Wildman–Crippen MR) is 99.0 cm³/mol. The van der Waals surface area contributed by atoms with Crippen molar-refractivity contribution in [2.75, 3.05) is 6.61 Å². The van der Waals surface area contributed by atoms with Crippen molar-refractivity contribution >= 4 is 40.3 Å². The highest BCUT2D eigenvalue weighted by Gasteiger charge is 2.27. The third-order valence-corrected chi connectivity index (χ3v) is 4.08. The van der Waals surface area contributed by atoms with Gasteiger partial charge in [0.15, 0.2) is 0 Å². The maximum absolute atomic E-state index is 12.0. The Kier molecular flexibility index (Phi) is 4.84. The Morgan fingerprint density at radius 3 is 2.83 bits per heavy atom. The number of ether oxygens (including phenoxy) is 1. The van der Waals surface area contributed by atoms with E-state index in [0.717, 1.165) is 9.13 Å². The van der Waals surface area contributed by atoms with E-state index < -0.39 is 5.97 Å². The Hall–Kier alpha value is -2.35. The van der Waals surface area contributed by atoms with Crippen LogP contribution in [0.25, 0.3) is 6.08 Å². The minimum atomic E-state index is -0.544. The monoisotopic (exact) mass is 435 g/mol. The molecule has 0 bridgehead atoms. The zero-order valence-corrected chi connectivity index (χ0v) is 15.0. The lowest BCUT2D eigenvalue weighted by Crippen LogP contribution is -2.07. The van der Waals surface area contributed by atoms with E-state index in [2.05, 4.69) is 27.7 Å². The van der Waals surface area contributed by atoms with Crippen molar-refractivity contribution in [2.45, 2.75) is 6.92 Å². The van der Waals surface area contributed by atoms with Crippen LogP contribution in [0.15, 0.2) is 53.2 Å². The van der Waals surface area contributed by atoms with E-state index >= 15 is 0 Å². The summed E-state index contributed by atoms with van der Waals surface area (Å²) in [7, 11) is 0. The number of benzene rings is 2. The van der Waals surface area contributed by atoms with Crippen LogP contribution in [-0.4, -0.2) is 23.4 Å². The van der Waals surface area contributed by atoms with E-state index in [1.807, 2.05) is 31.2 Å². The van der Waals surface area contributed by atoms with Crippen molar-refractivity contribution in [3.05, 3.63) is 62.7 Å². The van der Waals surface area contributed by atoms with Gasteiger partial charge in [-0.2, -0.15) is 0 Å². The first-order valence-electron chi connectivity index (χ1n) is 7.31. The molecule has 0 saturated heterocycles. The number of hydrogen-bond acceptors (Lipinski definition) is 5. The number of nitrogens with zero attached hydrogens (tertiary/aromatic N) is 1. The first-order chi connectivity index (χ1) is 11.6. The highest BCUT2D eigenvalue weighted by atomic mass is 127. The molecule has 24 heavy (non-hydrogen) atoms. The molecule has 0 aliphatic carbocycles. The molecule has 0 amide bonds. The molecule has 0 saturated carbocycles. The molecule has 0 atom stereocenters. The maximum atomic E-state index is 12.0. The van der Waals surface area contributed by atoms with Crippen molar-refractivity contribution in [3.63, 3.8) is 0 Å². The van der Waals surface area contributed by atoms with Gasteiger partial charge >= 0.3 is 5.97 Å². The lowest BCUT2D eigenvalue weighted by Gasteiger charge is -2.06. The number of phenols is 1. The van der Waals surface area contributed by atoms with Gasteiger partial charge in [-0.05, 0) is 59.9 Å². The Bertz CT molecular complexity index is 858. The summed E-state index contributed by atoms with van der Waals surface area (Å²) in [6.07, 6.45) is 1.57. The number of phenolic OH excluding ortho intramolecular Hbond substituents is 1. The molecule has 0 spiro atoms. The number of carbonyl (C=O) groups excluding carboxylic acids is 1. The fourth-order valence-corrected chi connectivity index (χ4v) is 2.85. The average Bonchev–Trinajstić information content (AvgIpc) is 2.91. The molecular formula is C18H14INO4. The summed E-state index contributed by atoms with van der Waals surface area (Å²) in [5, 5.41) is 14.0. The minimum Gasteiger partial charge on any atom is -0.507 e. The highest BCUT2D eigenvalue weighted by Crippen LogP contribution is 2.28. The zero-order valence-electron chi connectivity index (χ0n) is 12.8. The number of oxime groups is 1. The van der Waals surface area contributed by atoms with Crippen molar-refractivity contribution in [2.24, 2.45) is 5.16 Å². The van der Waals surface area contributed by atoms with Gasteiger partial charge in [-0.3, -0.25) is 0 Å². The molecule has 2 aromatic rings. The molecule has 1 aliphatic heterocycles. The molecular weight excluding hydrogens is 421 g/mol. The van der Waals surface area contributed by atoms with E-state index in [4.69, 9.17) is 9.57 Å². The maximum Gasteiger partial charge on any atom is 0.368 e. The smallest absolute Gasteiger partial charge is 0.368 e. The second-order valence-corrected chi connectivity index (χ2v) is 6.29. The van der Waals surface area contributed by atoms with E-state index in [0.29, 0.717) is 29.2 Å². The van der Waals surface area contributed by atoms with Crippen LogP contribution in [0.2, 0.25) is 0 Å². The molecule has 1 heterocycles. The number of hydrogen-bond donors (Lipinski definition) is 1. The Labute approximate surface area is 152 Å². The summed E-state index contributed by atoms with van der Waals surface area (Å²) >= 11 is 2.19. The number of carbonyl (C=O) groups is 1. The molecule has 5 nitrogen and oxygen atoms in total. The molecule has 1 N–H and O–H groups in total. The number of aromatic hydroxyl groups is 1. The summed E-state index contributed by atoms with van der Waals surface area (Å²) < 4.78 is 6.36. The van der Waals surface area contributed by atoms with Crippen LogP contribution in [0, 0.1) is 3.57 Å². The van der Waals surface area contributed by atoms with Gasteiger partial charge < -0.3 is 14.7 Å². The van der Waals surface area contributed by atoms with Crippen LogP contribution in [-0.2, 0) is 9.63 Å². The molecule has 122 valence electrons. The Morgan fingerprint density at radius 2 is 2.12 bits per heavy atom. The van der Waals surface area contributed by atoms with Gasteiger partial charge in [0, 0.05) is 20.8 Å². The molecule has 6 heteroatoms. The van der Waals surface area contributed by atoms with Crippen LogP contribution in [0.5, 0.6) is 11.5 Å². The fourth-order valence-electron chi connectivity index (χ4n) is 2.31. The summed E-state index contributed by atoms with van der Waals surface area (Å²) in [5.74, 6) is 0.0462. The number of halogens is 1. The van der Waals surface area contributed by atoms with Crippen molar-refractivity contribution in [1.82, 2.24) is 0 Å². The van der Waals surface area contributed by atoms with Crippen LogP contribution in [0.4, 0.5) is 0 Å². The lowest BCUT2D eigenvalue weighted by atomic mass is 10.0. The van der Waals surface area contributed by atoms with Gasteiger partial charge in [-0.25, -0.2) is 4.79 Å². The molecule has 1 aliphatic rings. The molecule has 0 aromatic heterocycles. The van der Waals surface area contributed by atoms with E-state index in [9.17, 15) is 9.90 Å². The SMILES string of the molecule is CCOc1ccc(C=C2C(=O)ON=C2c2cccc(I)c2)c(O)c1. The second kappa shape index (κ2) is 7.04. The molecule has 2 aromatic carbocycles. The fraction of sp³-hybridized carbons (Fsp3) is 0.111. The molecule has 0 unspecified atom stereocenters. The average molecular weight is 435 g/mol. The summed E-state index contributed by atoms with van der Waals surface area (Å²) in [6, 6.07) is 12.5. The van der Waals surface area contributed by atoms with Crippen molar-refractivity contribution < 1.29 is 19.5 Å². The van der Waals surface area contributed by atoms with Gasteiger partial charge in [-0.15, -0.1) is 0 Å². The predicted octanol–water partition coefficient (Wildman–Crippen LogP) is 3.74. The van der Waals surface area contributed by atoms with E-state index in [-0.39, 0.29) is 5.75 Å². The van der Waals surface area contributed by atoms with Gasteiger partial charge in [0.1, 0.15) is 17.2 Å². The first kappa shape index (κ1) is 16.5. The normalized spacial score (nSPS) is 15.3. The lowest BCUT2D eigenvalue weighted by molar-refractivity contribution is -0.136. The third-order valence-electron chi connectivity index (χ3n) is 3.41. The first-order valence-corrected chi connectivity index (χ1v) is 8.39. The van der Waals surface area contributed by atoms with Crippen LogP contribution >= 0.6 is 22.6 Å². The van der Waals surface area contributed by atoms with Crippen molar-refractivity contribution in [1.29, 1.82) is 0 Å². The molecule has 0 fully saturated rings. The molecule has 0 radical (unpaired) electrons. The summed E-state index contributed by atoms with van der Waals surface area (Å²) in [6.45, 7) is 2.38. The number of rotatable bonds is 4. The third kappa shape index (κ3) is 3.43. The summed E-state index contributed by atoms with van der Waals surface area (Å²) in [4.78, 5) is 16.8. The van der Waals surface area contributed by atoms with E-state index in [1.54, 1.807) is 18.2 Å². The second-order valence-electron chi connectivity index (χ2n) is 5.04. The van der Waals surface area contributed by atoms with Crippen LogP contribution < -0.4 is 4.74 Å². The Balaban J connectivity index is 1.98. The van der Waals surface area contributed by atoms with Gasteiger partial charge in [0.2, 0.25) is 0 Å². The minimum absolute atomic E-state index is 0.0233. The van der Waals surface area contributed by atoms with Crippen molar-refractivity contribution in [3.8, 4) is 11.5 Å². The van der Waals surface area contributed by atoms with Crippen LogP contribution in [0.1, 0.15) is 18.1 Å². The molecule has 3 rings (SSSR count). The Morgan fingerprint density at radius 1 is 1.29 bits per heavy atom. The largest absolute Gasteiger partial charge is 0.507 e. The van der Waals surface area contributed by atoms with Gasteiger partial charge in [0.25, 0.3) is 0 Å². The highest BCUT2D eigenvalue weighted by molar-refractivity contribution is 14.1. The quantitative estimate of drug-likeness (QED) is 0.452. The topological polar surface area (TPSA) is 68.1 Å². The van der Waals surface area contributed by atoms with Gasteiger partial charge in [-0.1, -0.05) is 17.3 Å². The standard InChI is InChI=1S/C18H14INO4/c1-2-23-14-7-6-11(16(21)10-14)9-15-17(20-24-18(15)22)12-4-3-5-13(19)8-12/h3-10,21H,2H2,1H3. The van der Waals surface area contributed by atoms with Crippen LogP contribution in [0.3, 0.4) is 0 Å².